The van der Waals surface area contributed by atoms with E-state index in [9.17, 15) is 8.42 Å². The van der Waals surface area contributed by atoms with Crippen LogP contribution in [0.3, 0.4) is 0 Å². The van der Waals surface area contributed by atoms with Crippen molar-refractivity contribution >= 4 is 20.8 Å². The van der Waals surface area contributed by atoms with Crippen molar-refractivity contribution in [3.63, 3.8) is 0 Å². The first-order chi connectivity index (χ1) is 15.5. The molecule has 0 spiro atoms. The minimum Gasteiger partial charge on any atom is -0.488 e. The summed E-state index contributed by atoms with van der Waals surface area (Å²) in [7, 11) is -3.65. The van der Waals surface area contributed by atoms with Crippen LogP contribution in [0, 0.1) is 0 Å². The molecule has 0 aliphatic heterocycles. The van der Waals surface area contributed by atoms with E-state index in [1.807, 2.05) is 36.4 Å². The van der Waals surface area contributed by atoms with Crippen molar-refractivity contribution in [2.45, 2.75) is 24.5 Å². The second-order valence-corrected chi connectivity index (χ2v) is 9.32. The normalized spacial score (nSPS) is 11.5. The monoisotopic (exact) mass is 447 g/mol. The van der Waals surface area contributed by atoms with Crippen molar-refractivity contribution in [2.75, 3.05) is 6.54 Å². The molecule has 0 saturated carbocycles. The van der Waals surface area contributed by atoms with E-state index in [1.165, 1.54) is 16.3 Å². The number of hydrogen-bond donors (Lipinski definition) is 2. The van der Waals surface area contributed by atoms with Gasteiger partial charge in [0, 0.05) is 6.42 Å². The molecule has 4 aromatic rings. The first-order valence-electron chi connectivity index (χ1n) is 10.6. The molecule has 0 aromatic heterocycles. The SMILES string of the molecule is NS(=O)(=O)c1ccc(CC[NH2+]Cc2c(OCc3ccccc3)ccc3ccccc23)cc1. The first kappa shape index (κ1) is 22.0. The molecule has 0 aliphatic carbocycles. The van der Waals surface area contributed by atoms with E-state index >= 15 is 0 Å². The van der Waals surface area contributed by atoms with Crippen molar-refractivity contribution in [3.8, 4) is 5.75 Å². The summed E-state index contributed by atoms with van der Waals surface area (Å²) in [6.45, 7) is 2.19. The highest BCUT2D eigenvalue weighted by Crippen LogP contribution is 2.28. The third kappa shape index (κ3) is 5.53. The molecule has 0 unspecified atom stereocenters. The van der Waals surface area contributed by atoms with Crippen LogP contribution >= 0.6 is 0 Å². The highest BCUT2D eigenvalue weighted by molar-refractivity contribution is 7.89. The maximum absolute atomic E-state index is 11.4. The molecule has 0 fully saturated rings. The number of quaternary nitrogens is 1. The summed E-state index contributed by atoms with van der Waals surface area (Å²) in [5.41, 5.74) is 3.40. The fourth-order valence-electron chi connectivity index (χ4n) is 3.76. The van der Waals surface area contributed by atoms with Gasteiger partial charge in [-0.2, -0.15) is 0 Å². The quantitative estimate of drug-likeness (QED) is 0.386. The van der Waals surface area contributed by atoms with Crippen LogP contribution in [0.25, 0.3) is 10.8 Å². The van der Waals surface area contributed by atoms with Crippen LogP contribution in [0.4, 0.5) is 0 Å². The molecule has 0 bridgehead atoms. The Labute approximate surface area is 188 Å². The minimum absolute atomic E-state index is 0.140. The third-order valence-corrected chi connectivity index (χ3v) is 6.40. The lowest BCUT2D eigenvalue weighted by atomic mass is 10.0. The number of primary sulfonamides is 1. The maximum Gasteiger partial charge on any atom is 0.238 e. The molecule has 32 heavy (non-hydrogen) atoms. The van der Waals surface area contributed by atoms with Crippen LogP contribution in [0.2, 0.25) is 0 Å². The second-order valence-electron chi connectivity index (χ2n) is 7.76. The average molecular weight is 448 g/mol. The molecule has 0 radical (unpaired) electrons. The Morgan fingerprint density at radius 2 is 1.50 bits per heavy atom. The summed E-state index contributed by atoms with van der Waals surface area (Å²) in [4.78, 5) is 0.140. The smallest absolute Gasteiger partial charge is 0.238 e. The van der Waals surface area contributed by atoms with E-state index in [0.29, 0.717) is 6.61 Å². The van der Waals surface area contributed by atoms with Crippen molar-refractivity contribution in [3.05, 3.63) is 108 Å². The van der Waals surface area contributed by atoms with Gasteiger partial charge in [-0.1, -0.05) is 72.8 Å². The molecular weight excluding hydrogens is 420 g/mol. The van der Waals surface area contributed by atoms with Gasteiger partial charge in [-0.15, -0.1) is 0 Å². The van der Waals surface area contributed by atoms with Gasteiger partial charge < -0.3 is 10.1 Å². The van der Waals surface area contributed by atoms with Gasteiger partial charge in [0.1, 0.15) is 18.9 Å². The zero-order valence-corrected chi connectivity index (χ0v) is 18.6. The summed E-state index contributed by atoms with van der Waals surface area (Å²) in [5.74, 6) is 0.904. The van der Waals surface area contributed by atoms with Crippen LogP contribution in [0.1, 0.15) is 16.7 Å². The number of ether oxygens (including phenoxy) is 1. The number of rotatable bonds is 9. The highest BCUT2D eigenvalue weighted by Gasteiger charge is 2.12. The summed E-state index contributed by atoms with van der Waals surface area (Å²) in [6, 6.07) is 29.4. The topological polar surface area (TPSA) is 86.0 Å². The summed E-state index contributed by atoms with van der Waals surface area (Å²) >= 11 is 0. The second kappa shape index (κ2) is 9.96. The van der Waals surface area contributed by atoms with E-state index in [1.54, 1.807) is 12.1 Å². The molecule has 4 aromatic carbocycles. The molecule has 0 amide bonds. The molecule has 4 N–H and O–H groups in total. The average Bonchev–Trinajstić information content (AvgIpc) is 2.81. The number of hydrogen-bond acceptors (Lipinski definition) is 3. The van der Waals surface area contributed by atoms with Gasteiger partial charge in [-0.3, -0.25) is 0 Å². The number of sulfonamides is 1. The zero-order valence-electron chi connectivity index (χ0n) is 17.8. The summed E-state index contributed by atoms with van der Waals surface area (Å²) in [6.07, 6.45) is 0.829. The molecule has 0 atom stereocenters. The number of nitrogens with two attached hydrogens (primary N) is 2. The van der Waals surface area contributed by atoms with Crippen LogP contribution in [0.5, 0.6) is 5.75 Å². The molecule has 164 valence electrons. The highest BCUT2D eigenvalue weighted by atomic mass is 32.2. The van der Waals surface area contributed by atoms with Crippen LogP contribution in [0.15, 0.2) is 95.9 Å². The van der Waals surface area contributed by atoms with E-state index in [2.05, 4.69) is 47.8 Å². The molecule has 6 heteroatoms. The number of fused-ring (bicyclic) bond motifs is 1. The Morgan fingerprint density at radius 1 is 0.781 bits per heavy atom. The van der Waals surface area contributed by atoms with E-state index in [-0.39, 0.29) is 4.90 Å². The van der Waals surface area contributed by atoms with Gasteiger partial charge in [0.15, 0.2) is 0 Å². The van der Waals surface area contributed by atoms with Gasteiger partial charge >= 0.3 is 0 Å². The Hall–Kier alpha value is -3.19. The Bertz CT molecular complexity index is 1290. The predicted molar refractivity (Wildman–Crippen MR) is 127 cm³/mol. The molecule has 0 aliphatic rings. The van der Waals surface area contributed by atoms with Gasteiger partial charge in [-0.25, -0.2) is 13.6 Å². The van der Waals surface area contributed by atoms with E-state index in [0.717, 1.165) is 36.4 Å². The fraction of sp³-hybridized carbons (Fsp3) is 0.154. The van der Waals surface area contributed by atoms with Crippen LogP contribution in [-0.4, -0.2) is 15.0 Å². The third-order valence-electron chi connectivity index (χ3n) is 5.47. The van der Waals surface area contributed by atoms with E-state index in [4.69, 9.17) is 9.88 Å². The lowest BCUT2D eigenvalue weighted by molar-refractivity contribution is -0.670. The Kier molecular flexibility index (Phi) is 6.85. The first-order valence-corrected chi connectivity index (χ1v) is 12.2. The van der Waals surface area contributed by atoms with Crippen LogP contribution in [-0.2, 0) is 29.6 Å². The predicted octanol–water partition coefficient (Wildman–Crippen LogP) is 3.37. The molecule has 5 nitrogen and oxygen atoms in total. The van der Waals surface area contributed by atoms with Crippen molar-refractivity contribution in [1.29, 1.82) is 0 Å². The standard InChI is InChI=1S/C26H26N2O3S/c27-32(29,30)23-13-10-20(11-14-23)16-17-28-18-25-24-9-5-4-8-22(24)12-15-26(25)31-19-21-6-2-1-3-7-21/h1-15,28H,16-19H2,(H2,27,29,30)/p+1. The Morgan fingerprint density at radius 3 is 2.25 bits per heavy atom. The number of benzene rings is 4. The Balaban J connectivity index is 1.44. The lowest BCUT2D eigenvalue weighted by Gasteiger charge is -2.14. The largest absolute Gasteiger partial charge is 0.488 e. The van der Waals surface area contributed by atoms with Gasteiger partial charge in [-0.05, 0) is 40.1 Å². The molecular formula is C26H27N2O3S+. The van der Waals surface area contributed by atoms with Crippen molar-refractivity contribution in [1.82, 2.24) is 0 Å². The summed E-state index contributed by atoms with van der Waals surface area (Å²) < 4.78 is 29.0. The van der Waals surface area contributed by atoms with Gasteiger partial charge in [0.25, 0.3) is 0 Å². The summed E-state index contributed by atoms with van der Waals surface area (Å²) in [5, 5.41) is 9.82. The maximum atomic E-state index is 11.4. The zero-order chi connectivity index (χ0) is 22.4. The minimum atomic E-state index is -3.65. The fourth-order valence-corrected chi connectivity index (χ4v) is 4.27. The van der Waals surface area contributed by atoms with Gasteiger partial charge in [0.2, 0.25) is 10.0 Å². The molecule has 0 heterocycles. The van der Waals surface area contributed by atoms with Gasteiger partial charge in [0.05, 0.1) is 17.0 Å². The molecule has 0 saturated heterocycles. The molecule has 4 rings (SSSR count). The van der Waals surface area contributed by atoms with Crippen LogP contribution < -0.4 is 15.2 Å². The van der Waals surface area contributed by atoms with Crippen molar-refractivity contribution in [2.24, 2.45) is 5.14 Å². The lowest BCUT2D eigenvalue weighted by Crippen LogP contribution is -2.83. The van der Waals surface area contributed by atoms with E-state index < -0.39 is 10.0 Å². The van der Waals surface area contributed by atoms with Crippen molar-refractivity contribution < 1.29 is 18.5 Å².